The Morgan fingerprint density at radius 1 is 1.10 bits per heavy atom. The molecule has 0 aromatic carbocycles. The molecular formula is C12H23NO5S2. The van der Waals surface area contributed by atoms with Crippen molar-refractivity contribution in [1.29, 1.82) is 0 Å². The molecule has 2 rings (SSSR count). The molecule has 1 heterocycles. The highest BCUT2D eigenvalue weighted by Gasteiger charge is 2.37. The van der Waals surface area contributed by atoms with Crippen LogP contribution < -0.4 is 4.72 Å². The molecule has 0 spiro atoms. The van der Waals surface area contributed by atoms with Crippen molar-refractivity contribution in [3.8, 4) is 0 Å². The lowest BCUT2D eigenvalue weighted by Gasteiger charge is -2.30. The van der Waals surface area contributed by atoms with Crippen molar-refractivity contribution in [3.05, 3.63) is 0 Å². The van der Waals surface area contributed by atoms with Crippen molar-refractivity contribution in [2.75, 3.05) is 24.7 Å². The van der Waals surface area contributed by atoms with Gasteiger partial charge >= 0.3 is 0 Å². The maximum atomic E-state index is 12.1. The molecule has 0 bridgehead atoms. The molecule has 1 saturated heterocycles. The van der Waals surface area contributed by atoms with Gasteiger partial charge in [0, 0.05) is 13.2 Å². The maximum absolute atomic E-state index is 12.1. The molecule has 2 aliphatic rings. The first kappa shape index (κ1) is 16.2. The van der Waals surface area contributed by atoms with Gasteiger partial charge in [0.2, 0.25) is 10.0 Å². The highest BCUT2D eigenvalue weighted by atomic mass is 32.2. The average Bonchev–Trinajstić information content (AvgIpc) is 2.78. The van der Waals surface area contributed by atoms with Crippen molar-refractivity contribution in [2.24, 2.45) is 11.8 Å². The zero-order valence-corrected chi connectivity index (χ0v) is 13.1. The molecule has 1 saturated carbocycles. The van der Waals surface area contributed by atoms with Gasteiger partial charge in [-0.3, -0.25) is 0 Å². The van der Waals surface area contributed by atoms with Gasteiger partial charge in [0.1, 0.15) is 0 Å². The summed E-state index contributed by atoms with van der Waals surface area (Å²) in [5.74, 6) is -0.00201. The summed E-state index contributed by atoms with van der Waals surface area (Å²) in [5, 5.41) is 8.50. The van der Waals surface area contributed by atoms with Crippen LogP contribution in [0.25, 0.3) is 0 Å². The van der Waals surface area contributed by atoms with Crippen molar-refractivity contribution in [2.45, 2.75) is 37.4 Å². The number of aliphatic hydroxyl groups excluding tert-OH is 1. The number of rotatable bonds is 5. The standard InChI is InChI=1S/C12H23NO5S2/c14-8-11-4-2-1-3-10(11)7-13-20(17,18)12-5-6-19(15,16)9-12/h10-14H,1-9H2. The van der Waals surface area contributed by atoms with E-state index in [0.29, 0.717) is 6.54 Å². The van der Waals surface area contributed by atoms with E-state index >= 15 is 0 Å². The summed E-state index contributed by atoms with van der Waals surface area (Å²) >= 11 is 0. The smallest absolute Gasteiger partial charge is 0.215 e. The topological polar surface area (TPSA) is 101 Å². The minimum Gasteiger partial charge on any atom is -0.396 e. The quantitative estimate of drug-likeness (QED) is 0.735. The van der Waals surface area contributed by atoms with Gasteiger partial charge in [-0.15, -0.1) is 0 Å². The third-order valence-corrected chi connectivity index (χ3v) is 8.31. The number of hydrogen-bond donors (Lipinski definition) is 2. The van der Waals surface area contributed by atoms with E-state index in [1.807, 2.05) is 0 Å². The zero-order chi connectivity index (χ0) is 14.8. The van der Waals surface area contributed by atoms with E-state index < -0.39 is 25.1 Å². The van der Waals surface area contributed by atoms with Gasteiger partial charge in [0.05, 0.1) is 16.8 Å². The fourth-order valence-electron chi connectivity index (χ4n) is 3.14. The number of hydrogen-bond acceptors (Lipinski definition) is 5. The predicted molar refractivity (Wildman–Crippen MR) is 76.5 cm³/mol. The molecule has 3 unspecified atom stereocenters. The summed E-state index contributed by atoms with van der Waals surface area (Å²) in [6.07, 6.45) is 4.17. The zero-order valence-electron chi connectivity index (χ0n) is 11.5. The van der Waals surface area contributed by atoms with Crippen LogP contribution >= 0.6 is 0 Å². The van der Waals surface area contributed by atoms with Crippen LogP contribution in [0, 0.1) is 11.8 Å². The average molecular weight is 325 g/mol. The van der Waals surface area contributed by atoms with Crippen LogP contribution in [0.5, 0.6) is 0 Å². The van der Waals surface area contributed by atoms with E-state index in [2.05, 4.69) is 4.72 Å². The Labute approximate surface area is 120 Å². The van der Waals surface area contributed by atoms with E-state index in [1.54, 1.807) is 0 Å². The first-order chi connectivity index (χ1) is 9.34. The second kappa shape index (κ2) is 6.29. The van der Waals surface area contributed by atoms with Gasteiger partial charge in [-0.25, -0.2) is 21.6 Å². The second-order valence-electron chi connectivity index (χ2n) is 5.91. The molecule has 0 aromatic heterocycles. The van der Waals surface area contributed by atoms with Gasteiger partial charge in [-0.05, 0) is 31.1 Å². The minimum atomic E-state index is -3.57. The maximum Gasteiger partial charge on any atom is 0.215 e. The lowest BCUT2D eigenvalue weighted by atomic mass is 9.80. The van der Waals surface area contributed by atoms with E-state index in [9.17, 15) is 21.9 Å². The Balaban J connectivity index is 1.92. The van der Waals surface area contributed by atoms with Crippen LogP contribution in [0.3, 0.4) is 0 Å². The summed E-state index contributed by atoms with van der Waals surface area (Å²) in [5.41, 5.74) is 0. The fourth-order valence-corrected chi connectivity index (χ4v) is 7.28. The molecule has 6 nitrogen and oxygen atoms in total. The van der Waals surface area contributed by atoms with Crippen LogP contribution in [0.2, 0.25) is 0 Å². The number of nitrogens with one attached hydrogen (secondary N) is 1. The van der Waals surface area contributed by atoms with Crippen LogP contribution in [0.15, 0.2) is 0 Å². The molecule has 0 amide bonds. The van der Waals surface area contributed by atoms with E-state index in [4.69, 9.17) is 0 Å². The Morgan fingerprint density at radius 2 is 1.75 bits per heavy atom. The molecule has 118 valence electrons. The van der Waals surface area contributed by atoms with Crippen molar-refractivity contribution in [3.63, 3.8) is 0 Å². The van der Waals surface area contributed by atoms with E-state index in [0.717, 1.165) is 25.7 Å². The SMILES string of the molecule is O=S1(=O)CCC(S(=O)(=O)NCC2CCCCC2CO)C1. The molecule has 3 atom stereocenters. The van der Waals surface area contributed by atoms with Crippen LogP contribution in [-0.4, -0.2) is 51.8 Å². The fraction of sp³-hybridized carbons (Fsp3) is 1.00. The molecule has 0 aromatic rings. The highest BCUT2D eigenvalue weighted by Crippen LogP contribution is 2.29. The van der Waals surface area contributed by atoms with Gasteiger partial charge in [0.15, 0.2) is 9.84 Å². The van der Waals surface area contributed by atoms with Crippen molar-refractivity contribution < 1.29 is 21.9 Å². The third-order valence-electron chi connectivity index (χ3n) is 4.48. The van der Waals surface area contributed by atoms with E-state index in [1.165, 1.54) is 0 Å². The van der Waals surface area contributed by atoms with Crippen LogP contribution in [-0.2, 0) is 19.9 Å². The first-order valence-electron chi connectivity index (χ1n) is 7.14. The number of sulfone groups is 1. The van der Waals surface area contributed by atoms with Gasteiger partial charge < -0.3 is 5.11 Å². The largest absolute Gasteiger partial charge is 0.396 e. The monoisotopic (exact) mass is 325 g/mol. The summed E-state index contributed by atoms with van der Waals surface area (Å²) in [4.78, 5) is 0. The third kappa shape index (κ3) is 3.93. The lowest BCUT2D eigenvalue weighted by molar-refractivity contribution is 0.136. The first-order valence-corrected chi connectivity index (χ1v) is 10.5. The Hall–Kier alpha value is -0.180. The molecule has 1 aliphatic heterocycles. The normalized spacial score (nSPS) is 34.1. The number of aliphatic hydroxyl groups is 1. The molecular weight excluding hydrogens is 302 g/mol. The van der Waals surface area contributed by atoms with Crippen LogP contribution in [0.1, 0.15) is 32.1 Å². The Kier molecular flexibility index (Phi) is 5.09. The van der Waals surface area contributed by atoms with Crippen molar-refractivity contribution in [1.82, 2.24) is 4.72 Å². The molecule has 0 radical (unpaired) electrons. The number of sulfonamides is 1. The molecule has 20 heavy (non-hydrogen) atoms. The minimum absolute atomic E-state index is 0.0404. The molecule has 2 fully saturated rings. The summed E-state index contributed by atoms with van der Waals surface area (Å²) in [7, 11) is -6.77. The summed E-state index contributed by atoms with van der Waals surface area (Å²) < 4.78 is 49.5. The summed E-state index contributed by atoms with van der Waals surface area (Å²) in [6, 6.07) is 0. The van der Waals surface area contributed by atoms with Crippen LogP contribution in [0.4, 0.5) is 0 Å². The Morgan fingerprint density at radius 3 is 2.30 bits per heavy atom. The summed E-state index contributed by atoms with van der Waals surface area (Å²) in [6.45, 7) is 0.397. The molecule has 1 aliphatic carbocycles. The second-order valence-corrected chi connectivity index (χ2v) is 10.2. The van der Waals surface area contributed by atoms with E-state index in [-0.39, 0.29) is 36.4 Å². The highest BCUT2D eigenvalue weighted by molar-refractivity contribution is 7.95. The van der Waals surface area contributed by atoms with Gasteiger partial charge in [-0.2, -0.15) is 0 Å². The van der Waals surface area contributed by atoms with Gasteiger partial charge in [-0.1, -0.05) is 12.8 Å². The van der Waals surface area contributed by atoms with Gasteiger partial charge in [0.25, 0.3) is 0 Å². The molecule has 8 heteroatoms. The Bertz CT molecular complexity index is 528. The lowest BCUT2D eigenvalue weighted by Crippen LogP contribution is -2.40. The predicted octanol–water partition coefficient (Wildman–Crippen LogP) is -0.108. The molecule has 2 N–H and O–H groups in total. The van der Waals surface area contributed by atoms with Crippen molar-refractivity contribution >= 4 is 19.9 Å².